The molecular weight excluding hydrogens is 793 g/mol. The van der Waals surface area contributed by atoms with Gasteiger partial charge in [0, 0.05) is 52.2 Å². The van der Waals surface area contributed by atoms with Crippen molar-refractivity contribution in [1.29, 1.82) is 0 Å². The molecule has 2 aromatic heterocycles. The van der Waals surface area contributed by atoms with Crippen molar-refractivity contribution in [3.05, 3.63) is 37.4 Å². The van der Waals surface area contributed by atoms with Crippen LogP contribution in [0.2, 0.25) is 0 Å². The van der Waals surface area contributed by atoms with Crippen molar-refractivity contribution in [3.63, 3.8) is 0 Å². The number of nitrogens with one attached hydrogen (secondary N) is 1. The van der Waals surface area contributed by atoms with Gasteiger partial charge in [0.15, 0.2) is 5.78 Å². The number of anilines is 3. The summed E-state index contributed by atoms with van der Waals surface area (Å²) >= 11 is 4.37. The lowest BCUT2D eigenvalue weighted by molar-refractivity contribution is -0.120. The highest BCUT2D eigenvalue weighted by molar-refractivity contribution is 14.1. The van der Waals surface area contributed by atoms with Gasteiger partial charge in [0.25, 0.3) is 0 Å². The molecule has 0 bridgehead atoms. The summed E-state index contributed by atoms with van der Waals surface area (Å²) in [5.41, 5.74) is 5.20. The summed E-state index contributed by atoms with van der Waals surface area (Å²) < 4.78 is 25.6. The predicted molar refractivity (Wildman–Crippen MR) is 185 cm³/mol. The molecule has 3 N–H and O–H groups in total. The molecule has 2 atom stereocenters. The molecule has 0 saturated carbocycles. The molecule has 236 valence electrons. The van der Waals surface area contributed by atoms with Gasteiger partial charge in [-0.05, 0) is 77.2 Å². The Morgan fingerprint density at radius 2 is 1.33 bits per heavy atom. The quantitative estimate of drug-likeness (QED) is 0.286. The first-order chi connectivity index (χ1) is 19.5. The minimum Gasteiger partial charge on any atom is -0.378 e. The molecule has 0 radical (unpaired) electrons. The van der Waals surface area contributed by atoms with E-state index in [1.807, 2.05) is 37.8 Å². The Balaban J connectivity index is 0.000000349. The number of hydrogen-bond donors (Lipinski definition) is 2. The fourth-order valence-corrected chi connectivity index (χ4v) is 4.96. The molecule has 4 heterocycles. The molecule has 2 saturated heterocycles. The molecule has 10 nitrogen and oxygen atoms in total. The first-order valence-corrected chi connectivity index (χ1v) is 15.9. The zero-order valence-corrected chi connectivity index (χ0v) is 29.7. The maximum absolute atomic E-state index is 13.0. The average Bonchev–Trinajstić information content (AvgIpc) is 2.97. The summed E-state index contributed by atoms with van der Waals surface area (Å²) in [6, 6.07) is 6.85. The molecule has 0 aromatic carbocycles. The van der Waals surface area contributed by atoms with Gasteiger partial charge in [-0.1, -0.05) is 13.8 Å². The van der Waals surface area contributed by atoms with E-state index in [1.54, 1.807) is 6.92 Å². The zero-order valence-electron chi connectivity index (χ0n) is 24.6. The van der Waals surface area contributed by atoms with E-state index in [2.05, 4.69) is 71.4 Å². The maximum atomic E-state index is 13.0. The van der Waals surface area contributed by atoms with Crippen LogP contribution >= 0.6 is 57.6 Å². The number of ketones is 2. The Bertz CT molecular complexity index is 1100. The summed E-state index contributed by atoms with van der Waals surface area (Å²) in [4.78, 5) is 34.8. The molecule has 2 aliphatic heterocycles. The van der Waals surface area contributed by atoms with Crippen LogP contribution in [0.25, 0.3) is 0 Å². The molecule has 0 amide bonds. The number of ether oxygens (including phenoxy) is 2. The second kappa shape index (κ2) is 20.5. The van der Waals surface area contributed by atoms with Crippen molar-refractivity contribution in [1.82, 2.24) is 9.97 Å². The van der Waals surface area contributed by atoms with E-state index in [0.29, 0.717) is 31.9 Å². The van der Waals surface area contributed by atoms with Crippen molar-refractivity contribution >= 4 is 86.6 Å². The molecular formula is C28H42ClFI2N6O4. The predicted octanol–water partition coefficient (Wildman–Crippen LogP) is 4.70. The number of nitrogens with two attached hydrogens (primary N) is 1. The normalized spacial score (nSPS) is 16.0. The van der Waals surface area contributed by atoms with Crippen molar-refractivity contribution in [2.45, 2.75) is 52.6 Å². The Morgan fingerprint density at radius 3 is 1.74 bits per heavy atom. The minimum atomic E-state index is -0.418. The molecule has 42 heavy (non-hydrogen) atoms. The summed E-state index contributed by atoms with van der Waals surface area (Å²) in [6.45, 7) is 13.4. The van der Waals surface area contributed by atoms with Crippen LogP contribution in [0.5, 0.6) is 0 Å². The van der Waals surface area contributed by atoms with Crippen molar-refractivity contribution in [3.8, 4) is 0 Å². The third-order valence-corrected chi connectivity index (χ3v) is 7.49. The van der Waals surface area contributed by atoms with Gasteiger partial charge in [0.2, 0.25) is 5.95 Å². The van der Waals surface area contributed by atoms with Gasteiger partial charge in [-0.2, -0.15) is 4.39 Å². The molecule has 2 aromatic rings. The number of halogens is 4. The van der Waals surface area contributed by atoms with Gasteiger partial charge in [0.1, 0.15) is 23.2 Å². The number of nitrogens with zero attached hydrogens (tertiary/aromatic N) is 4. The van der Waals surface area contributed by atoms with E-state index in [9.17, 15) is 14.0 Å². The lowest BCUT2D eigenvalue weighted by Crippen LogP contribution is -2.37. The van der Waals surface area contributed by atoms with Gasteiger partial charge in [-0.15, -0.1) is 12.4 Å². The molecule has 2 fully saturated rings. The Labute approximate surface area is 281 Å². The van der Waals surface area contributed by atoms with Crippen LogP contribution in [0.1, 0.15) is 40.5 Å². The number of pyridine rings is 2. The summed E-state index contributed by atoms with van der Waals surface area (Å²) in [5.74, 6) is 2.31. The fourth-order valence-electron chi connectivity index (χ4n) is 3.85. The lowest BCUT2D eigenvalue weighted by atomic mass is 10.2. The van der Waals surface area contributed by atoms with Crippen LogP contribution in [0, 0.1) is 13.1 Å². The molecule has 14 heteroatoms. The maximum Gasteiger partial charge on any atom is 0.215 e. The van der Waals surface area contributed by atoms with E-state index >= 15 is 0 Å². The largest absolute Gasteiger partial charge is 0.378 e. The summed E-state index contributed by atoms with van der Waals surface area (Å²) in [7, 11) is 0. The number of carbonyl (C=O) groups is 2. The molecule has 2 aliphatic rings. The zero-order chi connectivity index (χ0) is 30.4. The van der Waals surface area contributed by atoms with Gasteiger partial charge >= 0.3 is 0 Å². The first-order valence-electron chi connectivity index (χ1n) is 13.8. The van der Waals surface area contributed by atoms with Gasteiger partial charge in [-0.3, -0.25) is 9.59 Å². The van der Waals surface area contributed by atoms with Gasteiger partial charge in [-0.25, -0.2) is 9.97 Å². The van der Waals surface area contributed by atoms with Crippen LogP contribution < -0.4 is 20.9 Å². The number of Topliss-reactive ketones (excluding diaryl/α,β-unsaturated/α-hetero) is 2. The second-order valence-electron chi connectivity index (χ2n) is 9.49. The van der Waals surface area contributed by atoms with Crippen LogP contribution in [0.3, 0.4) is 0 Å². The molecule has 0 aliphatic carbocycles. The number of morpholine rings is 2. The smallest absolute Gasteiger partial charge is 0.215 e. The van der Waals surface area contributed by atoms with E-state index < -0.39 is 5.95 Å². The van der Waals surface area contributed by atoms with Crippen LogP contribution in [-0.4, -0.2) is 86.2 Å². The standard InChI is InChI=1S/C14H20IN3O2.C9H10FIN2O.C5H11NO.ClH/c1-3-12(19)10(2)16-13-8-11(15)9-14(17-13)18-4-6-20-7-5-18;10-8-5-7(11)6-9(12-8)13-1-3-14-4-2-13;1-3-5(7)4(2)6;/h8-10H,3-7H2,1-2H3,(H,16,17);5-6H,1-4H2;4H,3,6H2,1-2H3;1H/t10-;;4-;/m0.0./s1. The molecule has 0 unspecified atom stereocenters. The Morgan fingerprint density at radius 1 is 0.881 bits per heavy atom. The summed E-state index contributed by atoms with van der Waals surface area (Å²) in [6.07, 6.45) is 1.09. The van der Waals surface area contributed by atoms with Crippen LogP contribution in [-0.2, 0) is 19.1 Å². The summed E-state index contributed by atoms with van der Waals surface area (Å²) in [5, 5.41) is 3.19. The second-order valence-corrected chi connectivity index (χ2v) is 12.0. The fraction of sp³-hybridized carbons (Fsp3) is 0.571. The lowest BCUT2D eigenvalue weighted by Gasteiger charge is -2.28. The highest BCUT2D eigenvalue weighted by atomic mass is 127. The van der Waals surface area contributed by atoms with Gasteiger partial charge in [0.05, 0.1) is 38.5 Å². The van der Waals surface area contributed by atoms with Crippen molar-refractivity contribution < 1.29 is 23.5 Å². The molecule has 0 spiro atoms. The SMILES string of the molecule is CCC(=O)[C@H](C)N.CCC(=O)[C@H](C)Nc1cc(I)cc(N2CCOCC2)n1.Cl.Fc1cc(I)cc(N2CCOCC2)n1. The topological polar surface area (TPSA) is 123 Å². The van der Waals surface area contributed by atoms with E-state index in [1.165, 1.54) is 6.07 Å². The number of hydrogen-bond acceptors (Lipinski definition) is 10. The van der Waals surface area contributed by atoms with E-state index in [-0.39, 0.29) is 36.1 Å². The van der Waals surface area contributed by atoms with Crippen molar-refractivity contribution in [2.75, 3.05) is 67.7 Å². The third-order valence-electron chi connectivity index (χ3n) is 6.24. The minimum absolute atomic E-state index is 0. The first kappa shape index (κ1) is 38.6. The van der Waals surface area contributed by atoms with Crippen LogP contribution in [0.15, 0.2) is 24.3 Å². The van der Waals surface area contributed by atoms with Crippen LogP contribution in [0.4, 0.5) is 21.8 Å². The third kappa shape index (κ3) is 13.9. The number of aromatic nitrogens is 2. The van der Waals surface area contributed by atoms with Gasteiger partial charge < -0.3 is 30.3 Å². The highest BCUT2D eigenvalue weighted by Crippen LogP contribution is 2.21. The number of carbonyl (C=O) groups excluding carboxylic acids is 2. The number of rotatable bonds is 8. The highest BCUT2D eigenvalue weighted by Gasteiger charge is 2.16. The van der Waals surface area contributed by atoms with E-state index in [0.717, 1.165) is 58.2 Å². The molecule has 4 rings (SSSR count). The monoisotopic (exact) mass is 834 g/mol. The van der Waals surface area contributed by atoms with E-state index in [4.69, 9.17) is 15.2 Å². The Hall–Kier alpha value is -1.40. The average molecular weight is 835 g/mol. The Kier molecular flexibility index (Phi) is 18.9. The van der Waals surface area contributed by atoms with Crippen molar-refractivity contribution in [2.24, 2.45) is 5.73 Å².